The number of fused-ring (bicyclic) bond motifs is 1. The number of carbonyl (C=O) groups is 1. The number of aliphatic carboxylic acids is 1. The third kappa shape index (κ3) is 1.26. The lowest BCUT2D eigenvalue weighted by Crippen LogP contribution is -1.99. The molecule has 0 aliphatic carbocycles. The van der Waals surface area contributed by atoms with Crippen molar-refractivity contribution in [2.75, 3.05) is 0 Å². The largest absolute Gasteiger partial charge is 0.478 e. The first-order valence-electron chi connectivity index (χ1n) is 4.06. The smallest absolute Gasteiger partial charge is 0.338 e. The summed E-state index contributed by atoms with van der Waals surface area (Å²) in [5.41, 5.74) is 1.52. The van der Waals surface area contributed by atoms with E-state index in [1.54, 1.807) is 0 Å². The maximum Gasteiger partial charge on any atom is 0.338 e. The van der Waals surface area contributed by atoms with Gasteiger partial charge in [-0.3, -0.25) is 0 Å². The van der Waals surface area contributed by atoms with E-state index in [-0.39, 0.29) is 5.57 Å². The van der Waals surface area contributed by atoms with E-state index in [1.165, 1.54) is 0 Å². The lowest BCUT2D eigenvalue weighted by Gasteiger charge is -1.91. The molecule has 4 nitrogen and oxygen atoms in total. The molecular formula is C10H8N2O2. The molecule has 0 radical (unpaired) electrons. The van der Waals surface area contributed by atoms with Crippen LogP contribution in [0.15, 0.2) is 30.8 Å². The highest BCUT2D eigenvalue weighted by Gasteiger charge is 2.11. The molecule has 1 heterocycles. The maximum atomic E-state index is 10.6. The summed E-state index contributed by atoms with van der Waals surface area (Å²) in [4.78, 5) is 17.6. The van der Waals surface area contributed by atoms with E-state index in [4.69, 9.17) is 5.11 Å². The number of imidazole rings is 1. The summed E-state index contributed by atoms with van der Waals surface area (Å²) >= 11 is 0. The molecule has 70 valence electrons. The first-order chi connectivity index (χ1) is 6.68. The number of rotatable bonds is 2. The molecule has 2 aromatic rings. The minimum atomic E-state index is -1.07. The van der Waals surface area contributed by atoms with Crippen LogP contribution in [-0.4, -0.2) is 21.0 Å². The summed E-state index contributed by atoms with van der Waals surface area (Å²) in [6, 6.07) is 7.34. The fourth-order valence-corrected chi connectivity index (χ4v) is 1.20. The van der Waals surface area contributed by atoms with Gasteiger partial charge in [0, 0.05) is 0 Å². The summed E-state index contributed by atoms with van der Waals surface area (Å²) in [7, 11) is 0. The van der Waals surface area contributed by atoms with E-state index in [0.29, 0.717) is 5.82 Å². The number of nitrogens with zero attached hydrogens (tertiary/aromatic N) is 1. The summed E-state index contributed by atoms with van der Waals surface area (Å²) in [6.07, 6.45) is 0. The molecule has 0 spiro atoms. The van der Waals surface area contributed by atoms with E-state index in [2.05, 4.69) is 16.5 Å². The first-order valence-corrected chi connectivity index (χ1v) is 4.06. The van der Waals surface area contributed by atoms with Crippen molar-refractivity contribution >= 4 is 22.6 Å². The van der Waals surface area contributed by atoms with Crippen molar-refractivity contribution in [3.8, 4) is 0 Å². The summed E-state index contributed by atoms with van der Waals surface area (Å²) in [5.74, 6) is -0.761. The van der Waals surface area contributed by atoms with Gasteiger partial charge in [-0.15, -0.1) is 0 Å². The van der Waals surface area contributed by atoms with Gasteiger partial charge in [0.05, 0.1) is 16.6 Å². The average molecular weight is 188 g/mol. The van der Waals surface area contributed by atoms with Crippen LogP contribution in [0.2, 0.25) is 0 Å². The molecule has 0 aliphatic rings. The van der Waals surface area contributed by atoms with Crippen molar-refractivity contribution in [1.29, 1.82) is 0 Å². The number of benzene rings is 1. The number of hydrogen-bond acceptors (Lipinski definition) is 2. The number of carboxylic acid groups (broad SMARTS) is 1. The van der Waals surface area contributed by atoms with Crippen molar-refractivity contribution in [3.63, 3.8) is 0 Å². The molecule has 0 unspecified atom stereocenters. The molecule has 0 saturated heterocycles. The number of nitrogens with one attached hydrogen (secondary N) is 1. The van der Waals surface area contributed by atoms with E-state index in [0.717, 1.165) is 11.0 Å². The van der Waals surface area contributed by atoms with Crippen molar-refractivity contribution in [2.24, 2.45) is 0 Å². The Balaban J connectivity index is 2.55. The topological polar surface area (TPSA) is 66.0 Å². The monoisotopic (exact) mass is 188 g/mol. The molecule has 2 rings (SSSR count). The molecule has 0 fully saturated rings. The third-order valence-electron chi connectivity index (χ3n) is 1.93. The highest BCUT2D eigenvalue weighted by Crippen LogP contribution is 2.15. The molecule has 0 saturated carbocycles. The fraction of sp³-hybridized carbons (Fsp3) is 0. The van der Waals surface area contributed by atoms with Gasteiger partial charge in [-0.05, 0) is 12.1 Å². The quantitative estimate of drug-likeness (QED) is 0.704. The minimum Gasteiger partial charge on any atom is -0.478 e. The number of carboxylic acids is 1. The Hall–Kier alpha value is -2.10. The zero-order valence-corrected chi connectivity index (χ0v) is 7.32. The highest BCUT2D eigenvalue weighted by molar-refractivity contribution is 6.13. The molecule has 0 bridgehead atoms. The fourth-order valence-electron chi connectivity index (χ4n) is 1.20. The van der Waals surface area contributed by atoms with Gasteiger partial charge in [-0.2, -0.15) is 0 Å². The molecule has 0 amide bonds. The molecule has 14 heavy (non-hydrogen) atoms. The summed E-state index contributed by atoms with van der Waals surface area (Å²) in [6.45, 7) is 3.43. The highest BCUT2D eigenvalue weighted by atomic mass is 16.4. The maximum absolute atomic E-state index is 10.6. The van der Waals surface area contributed by atoms with E-state index >= 15 is 0 Å². The van der Waals surface area contributed by atoms with Crippen LogP contribution in [-0.2, 0) is 4.79 Å². The first kappa shape index (κ1) is 8.50. The summed E-state index contributed by atoms with van der Waals surface area (Å²) in [5, 5.41) is 8.70. The Morgan fingerprint density at radius 3 is 2.79 bits per heavy atom. The predicted octanol–water partition coefficient (Wildman–Crippen LogP) is 1.66. The molecule has 4 heteroatoms. The Bertz CT molecular complexity index is 481. The third-order valence-corrected chi connectivity index (χ3v) is 1.93. The van der Waals surface area contributed by atoms with Gasteiger partial charge >= 0.3 is 5.97 Å². The molecular weight excluding hydrogens is 180 g/mol. The van der Waals surface area contributed by atoms with Crippen LogP contribution in [0, 0.1) is 0 Å². The van der Waals surface area contributed by atoms with Gasteiger partial charge in [0.1, 0.15) is 5.82 Å². The zero-order valence-electron chi connectivity index (χ0n) is 7.32. The van der Waals surface area contributed by atoms with Crippen LogP contribution >= 0.6 is 0 Å². The van der Waals surface area contributed by atoms with Crippen LogP contribution in [0.4, 0.5) is 0 Å². The lowest BCUT2D eigenvalue weighted by atomic mass is 10.3. The Labute approximate surface area is 79.9 Å². The second kappa shape index (κ2) is 2.99. The SMILES string of the molecule is C=C(C(=O)O)c1nc2ccccc2[nH]1. The van der Waals surface area contributed by atoms with Gasteiger partial charge in [0.25, 0.3) is 0 Å². The minimum absolute atomic E-state index is 0.0267. The number of aromatic nitrogens is 2. The van der Waals surface area contributed by atoms with Crippen molar-refractivity contribution < 1.29 is 9.90 Å². The Morgan fingerprint density at radius 2 is 2.14 bits per heavy atom. The van der Waals surface area contributed by atoms with Crippen molar-refractivity contribution in [3.05, 3.63) is 36.7 Å². The van der Waals surface area contributed by atoms with Crippen LogP contribution in [0.5, 0.6) is 0 Å². The van der Waals surface area contributed by atoms with E-state index in [1.807, 2.05) is 24.3 Å². The van der Waals surface area contributed by atoms with E-state index < -0.39 is 5.97 Å². The second-order valence-corrected chi connectivity index (χ2v) is 2.89. The molecule has 1 aromatic carbocycles. The standard InChI is InChI=1S/C10H8N2O2/c1-6(10(13)14)9-11-7-4-2-3-5-8(7)12-9/h2-5H,1H2,(H,11,12)(H,13,14). The molecule has 1 aromatic heterocycles. The van der Waals surface area contributed by atoms with Crippen molar-refractivity contribution in [1.82, 2.24) is 9.97 Å². The number of aromatic amines is 1. The summed E-state index contributed by atoms with van der Waals surface area (Å²) < 4.78 is 0. The number of H-pyrrole nitrogens is 1. The van der Waals surface area contributed by atoms with Crippen LogP contribution in [0.1, 0.15) is 5.82 Å². The van der Waals surface area contributed by atoms with Gasteiger partial charge < -0.3 is 10.1 Å². The second-order valence-electron chi connectivity index (χ2n) is 2.89. The molecule has 0 aliphatic heterocycles. The average Bonchev–Trinajstić information content (AvgIpc) is 2.59. The zero-order chi connectivity index (χ0) is 10.1. The molecule has 0 atom stereocenters. The van der Waals surface area contributed by atoms with E-state index in [9.17, 15) is 4.79 Å². The predicted molar refractivity (Wildman–Crippen MR) is 52.8 cm³/mol. The lowest BCUT2D eigenvalue weighted by molar-refractivity contribution is -0.130. The molecule has 2 N–H and O–H groups in total. The van der Waals surface area contributed by atoms with Crippen molar-refractivity contribution in [2.45, 2.75) is 0 Å². The number of hydrogen-bond donors (Lipinski definition) is 2. The number of para-hydroxylation sites is 2. The van der Waals surface area contributed by atoms with Crippen LogP contribution < -0.4 is 0 Å². The van der Waals surface area contributed by atoms with Gasteiger partial charge in [0.15, 0.2) is 0 Å². The van der Waals surface area contributed by atoms with Gasteiger partial charge in [0.2, 0.25) is 0 Å². The normalized spacial score (nSPS) is 10.3. The Morgan fingerprint density at radius 1 is 1.43 bits per heavy atom. The van der Waals surface area contributed by atoms with Gasteiger partial charge in [-0.25, -0.2) is 9.78 Å². The Kier molecular flexibility index (Phi) is 1.81. The van der Waals surface area contributed by atoms with Gasteiger partial charge in [-0.1, -0.05) is 18.7 Å². The van der Waals surface area contributed by atoms with Crippen LogP contribution in [0.3, 0.4) is 0 Å². The van der Waals surface area contributed by atoms with Crippen LogP contribution in [0.25, 0.3) is 16.6 Å².